The highest BCUT2D eigenvalue weighted by Crippen LogP contribution is 2.18. The van der Waals surface area contributed by atoms with Crippen molar-refractivity contribution in [2.45, 2.75) is 143 Å². The van der Waals surface area contributed by atoms with E-state index in [-0.39, 0.29) is 0 Å². The van der Waals surface area contributed by atoms with Crippen molar-refractivity contribution in [3.8, 4) is 0 Å². The fraction of sp³-hybridized carbons (Fsp3) is 0.758. The first-order chi connectivity index (χ1) is 18.1. The molecule has 0 saturated heterocycles. The van der Waals surface area contributed by atoms with Crippen molar-refractivity contribution in [2.24, 2.45) is 5.92 Å². The third-order valence-corrected chi connectivity index (χ3v) is 7.19. The highest BCUT2D eigenvalue weighted by atomic mass is 16.5. The lowest BCUT2D eigenvalue weighted by Crippen LogP contribution is -2.18. The molecular formula is C33H56O4. The normalized spacial score (nSPS) is 11.1. The number of carbonyl (C=O) groups excluding carboxylic acids is 2. The number of carbonyl (C=O) groups is 2. The molecule has 0 spiro atoms. The number of hydrogen-bond acceptors (Lipinski definition) is 4. The lowest BCUT2D eigenvalue weighted by molar-refractivity contribution is 0.0402. The average molecular weight is 517 g/mol. The minimum atomic E-state index is -0.434. The van der Waals surface area contributed by atoms with Crippen LogP contribution in [-0.4, -0.2) is 25.2 Å². The van der Waals surface area contributed by atoms with Crippen molar-refractivity contribution in [1.29, 1.82) is 0 Å². The molecule has 0 amide bonds. The van der Waals surface area contributed by atoms with Crippen LogP contribution < -0.4 is 0 Å². The number of ether oxygens (including phenoxy) is 2. The van der Waals surface area contributed by atoms with Crippen molar-refractivity contribution in [3.05, 3.63) is 35.4 Å². The van der Waals surface area contributed by atoms with E-state index in [9.17, 15) is 9.59 Å². The van der Waals surface area contributed by atoms with E-state index in [2.05, 4.69) is 20.8 Å². The van der Waals surface area contributed by atoms with E-state index in [1.807, 2.05) is 0 Å². The van der Waals surface area contributed by atoms with Gasteiger partial charge < -0.3 is 9.47 Å². The van der Waals surface area contributed by atoms with Crippen LogP contribution in [0.25, 0.3) is 0 Å². The third kappa shape index (κ3) is 16.6. The van der Waals surface area contributed by atoms with E-state index in [4.69, 9.17) is 9.47 Å². The van der Waals surface area contributed by atoms with E-state index >= 15 is 0 Å². The van der Waals surface area contributed by atoms with E-state index in [0.29, 0.717) is 30.3 Å². The van der Waals surface area contributed by atoms with Crippen molar-refractivity contribution in [3.63, 3.8) is 0 Å². The number of esters is 2. The van der Waals surface area contributed by atoms with Gasteiger partial charge in [-0.15, -0.1) is 0 Å². The number of benzene rings is 1. The minimum absolute atomic E-state index is 0.302. The van der Waals surface area contributed by atoms with Crippen LogP contribution in [0.1, 0.15) is 163 Å². The molecule has 0 aliphatic heterocycles. The quantitative estimate of drug-likeness (QED) is 0.101. The number of hydrogen-bond donors (Lipinski definition) is 0. The molecule has 4 nitrogen and oxygen atoms in total. The first-order valence-corrected chi connectivity index (χ1v) is 15.6. The van der Waals surface area contributed by atoms with E-state index in [1.165, 1.54) is 83.5 Å². The molecule has 0 bridgehead atoms. The van der Waals surface area contributed by atoms with Crippen molar-refractivity contribution >= 4 is 11.9 Å². The Bertz CT molecular complexity index is 693. The summed E-state index contributed by atoms with van der Waals surface area (Å²) in [6, 6.07) is 6.83. The zero-order chi connectivity index (χ0) is 27.0. The predicted molar refractivity (Wildman–Crippen MR) is 155 cm³/mol. The highest BCUT2D eigenvalue weighted by molar-refractivity contribution is 6.03. The Morgan fingerprint density at radius 2 is 0.973 bits per heavy atom. The van der Waals surface area contributed by atoms with E-state index in [1.54, 1.807) is 24.3 Å². The maximum atomic E-state index is 12.7. The average Bonchev–Trinajstić information content (AvgIpc) is 2.91. The summed E-state index contributed by atoms with van der Waals surface area (Å²) in [5.41, 5.74) is 0.603. The predicted octanol–water partition coefficient (Wildman–Crippen LogP) is 10.1. The zero-order valence-corrected chi connectivity index (χ0v) is 24.4. The molecule has 0 saturated carbocycles. The standard InChI is InChI=1S/C33H56O4/c1-4-7-8-9-10-11-12-13-14-15-16-17-18-19-22-27-36-32(34)30-25-20-21-26-31(30)33(35)37-28-29(23-5-2)24-6-3/h20-21,25-26,29H,4-19,22-24,27-28H2,1-3H3. The fourth-order valence-corrected chi connectivity index (χ4v) is 4.95. The molecule has 0 radical (unpaired) electrons. The Labute approximate surface area is 228 Å². The topological polar surface area (TPSA) is 52.6 Å². The SMILES string of the molecule is CCCCCCCCCCCCCCCCCOC(=O)c1ccccc1C(=O)OCC(CCC)CCC. The van der Waals surface area contributed by atoms with Gasteiger partial charge in [-0.2, -0.15) is 0 Å². The monoisotopic (exact) mass is 516 g/mol. The third-order valence-electron chi connectivity index (χ3n) is 7.19. The van der Waals surface area contributed by atoms with Gasteiger partial charge in [0.05, 0.1) is 24.3 Å². The number of unbranched alkanes of at least 4 members (excludes halogenated alkanes) is 14. The lowest BCUT2D eigenvalue weighted by Gasteiger charge is -2.16. The van der Waals surface area contributed by atoms with Crippen molar-refractivity contribution < 1.29 is 19.1 Å². The van der Waals surface area contributed by atoms with Crippen LogP contribution in [0, 0.1) is 5.92 Å². The molecule has 1 aromatic rings. The van der Waals surface area contributed by atoms with Crippen LogP contribution in [0.4, 0.5) is 0 Å². The Morgan fingerprint density at radius 3 is 1.41 bits per heavy atom. The molecule has 0 aromatic heterocycles. The molecule has 1 aromatic carbocycles. The van der Waals surface area contributed by atoms with Crippen LogP contribution in [0.3, 0.4) is 0 Å². The van der Waals surface area contributed by atoms with Gasteiger partial charge in [-0.05, 0) is 37.3 Å². The molecule has 4 heteroatoms. The van der Waals surface area contributed by atoms with Gasteiger partial charge in [-0.25, -0.2) is 9.59 Å². The Kier molecular flexibility index (Phi) is 20.9. The second kappa shape index (κ2) is 23.3. The molecule has 0 unspecified atom stereocenters. The minimum Gasteiger partial charge on any atom is -0.462 e. The number of rotatable bonds is 24. The molecule has 0 heterocycles. The summed E-state index contributed by atoms with van der Waals surface area (Å²) in [4.78, 5) is 25.3. The summed E-state index contributed by atoms with van der Waals surface area (Å²) < 4.78 is 11.1. The van der Waals surface area contributed by atoms with Gasteiger partial charge in [-0.3, -0.25) is 0 Å². The molecule has 0 aliphatic rings. The van der Waals surface area contributed by atoms with Gasteiger partial charge in [0.1, 0.15) is 0 Å². The van der Waals surface area contributed by atoms with Crippen LogP contribution in [-0.2, 0) is 9.47 Å². The van der Waals surface area contributed by atoms with Gasteiger partial charge in [0.25, 0.3) is 0 Å². The van der Waals surface area contributed by atoms with E-state index < -0.39 is 11.9 Å². The molecule has 0 aliphatic carbocycles. The maximum Gasteiger partial charge on any atom is 0.339 e. The second-order valence-electron chi connectivity index (χ2n) is 10.7. The molecule has 1 rings (SSSR count). The van der Waals surface area contributed by atoms with Gasteiger partial charge in [0.2, 0.25) is 0 Å². The molecule has 0 N–H and O–H groups in total. The molecule has 37 heavy (non-hydrogen) atoms. The van der Waals surface area contributed by atoms with Gasteiger partial charge >= 0.3 is 11.9 Å². The van der Waals surface area contributed by atoms with Crippen molar-refractivity contribution in [1.82, 2.24) is 0 Å². The van der Waals surface area contributed by atoms with Gasteiger partial charge in [-0.1, -0.05) is 136 Å². The lowest BCUT2D eigenvalue weighted by atomic mass is 9.99. The first kappa shape index (κ1) is 33.2. The highest BCUT2D eigenvalue weighted by Gasteiger charge is 2.20. The first-order valence-electron chi connectivity index (χ1n) is 15.6. The van der Waals surface area contributed by atoms with Crippen LogP contribution >= 0.6 is 0 Å². The second-order valence-corrected chi connectivity index (χ2v) is 10.7. The summed E-state index contributed by atoms with van der Waals surface area (Å²) in [5, 5.41) is 0. The van der Waals surface area contributed by atoms with Crippen molar-refractivity contribution in [2.75, 3.05) is 13.2 Å². The summed E-state index contributed by atoms with van der Waals surface area (Å²) in [7, 11) is 0. The molecule has 0 atom stereocenters. The largest absolute Gasteiger partial charge is 0.462 e. The Balaban J connectivity index is 2.15. The fourth-order valence-electron chi connectivity index (χ4n) is 4.95. The van der Waals surface area contributed by atoms with Crippen LogP contribution in [0.5, 0.6) is 0 Å². The maximum absolute atomic E-state index is 12.7. The summed E-state index contributed by atoms with van der Waals surface area (Å²) >= 11 is 0. The molecular weight excluding hydrogens is 460 g/mol. The Morgan fingerprint density at radius 1 is 0.568 bits per heavy atom. The van der Waals surface area contributed by atoms with Gasteiger partial charge in [0, 0.05) is 0 Å². The summed E-state index contributed by atoms with van der Waals surface area (Å²) in [6.45, 7) is 7.37. The van der Waals surface area contributed by atoms with Crippen LogP contribution in [0.15, 0.2) is 24.3 Å². The van der Waals surface area contributed by atoms with Gasteiger partial charge in [0.15, 0.2) is 0 Å². The van der Waals surface area contributed by atoms with E-state index in [0.717, 1.165) is 38.5 Å². The van der Waals surface area contributed by atoms with Crippen LogP contribution in [0.2, 0.25) is 0 Å². The molecule has 0 fully saturated rings. The molecule has 212 valence electrons. The summed E-state index contributed by atoms with van der Waals surface area (Å²) in [6.07, 6.45) is 23.8. The Hall–Kier alpha value is -1.84. The zero-order valence-electron chi connectivity index (χ0n) is 24.4. The smallest absolute Gasteiger partial charge is 0.339 e. The summed E-state index contributed by atoms with van der Waals surface area (Å²) in [5.74, 6) is -0.489.